The first-order chi connectivity index (χ1) is 10.1. The molecule has 112 valence electrons. The fraction of sp³-hybridized carbons (Fsp3) is 0.286. The monoisotopic (exact) mass is 293 g/mol. The van der Waals surface area contributed by atoms with Gasteiger partial charge in [-0.05, 0) is 12.1 Å². The first-order valence-corrected chi connectivity index (χ1v) is 6.17. The lowest BCUT2D eigenvalue weighted by Gasteiger charge is -2.12. The van der Waals surface area contributed by atoms with Crippen molar-refractivity contribution in [1.29, 1.82) is 0 Å². The predicted octanol–water partition coefficient (Wildman–Crippen LogP) is 1.26. The van der Waals surface area contributed by atoms with Crippen LogP contribution in [0.4, 0.5) is 0 Å². The maximum absolute atomic E-state index is 11.6. The summed E-state index contributed by atoms with van der Waals surface area (Å²) in [5, 5.41) is 9.52. The Morgan fingerprint density at radius 1 is 1.19 bits per heavy atom. The molecule has 0 fully saturated rings. The highest BCUT2D eigenvalue weighted by Crippen LogP contribution is 2.31. The third kappa shape index (κ3) is 3.14. The standard InChI is InChI=1S/C14H15NO6/c1-19-3-4-21-12-6-8-5-9(14(17)18)13(16)15-10(8)7-11(12)20-2/h5-7H,3-4H2,1-2H3,(H,15,16)(H,17,18). The van der Waals surface area contributed by atoms with Crippen molar-refractivity contribution >= 4 is 16.9 Å². The van der Waals surface area contributed by atoms with Crippen LogP contribution in [0.15, 0.2) is 23.0 Å². The van der Waals surface area contributed by atoms with Crippen LogP contribution in [0.5, 0.6) is 11.5 Å². The minimum absolute atomic E-state index is 0.324. The van der Waals surface area contributed by atoms with Gasteiger partial charge in [-0.3, -0.25) is 4.79 Å². The molecule has 7 heteroatoms. The van der Waals surface area contributed by atoms with Gasteiger partial charge in [0.25, 0.3) is 5.56 Å². The second-order valence-corrected chi connectivity index (χ2v) is 4.25. The second-order valence-electron chi connectivity index (χ2n) is 4.25. The lowest BCUT2D eigenvalue weighted by Crippen LogP contribution is -2.17. The van der Waals surface area contributed by atoms with Crippen molar-refractivity contribution in [3.63, 3.8) is 0 Å². The van der Waals surface area contributed by atoms with E-state index >= 15 is 0 Å². The van der Waals surface area contributed by atoms with Crippen LogP contribution in [0.25, 0.3) is 10.9 Å². The summed E-state index contributed by atoms with van der Waals surface area (Å²) in [5.41, 5.74) is -0.512. The van der Waals surface area contributed by atoms with Crippen LogP contribution in [-0.2, 0) is 4.74 Å². The number of hydrogen-bond donors (Lipinski definition) is 2. The van der Waals surface area contributed by atoms with Crippen LogP contribution in [0.2, 0.25) is 0 Å². The van der Waals surface area contributed by atoms with E-state index in [1.807, 2.05) is 0 Å². The van der Waals surface area contributed by atoms with E-state index in [1.54, 1.807) is 19.2 Å². The van der Waals surface area contributed by atoms with Gasteiger partial charge in [-0.2, -0.15) is 0 Å². The zero-order valence-corrected chi connectivity index (χ0v) is 11.6. The van der Waals surface area contributed by atoms with E-state index in [9.17, 15) is 9.59 Å². The topological polar surface area (TPSA) is 97.9 Å². The second kappa shape index (κ2) is 6.27. The maximum Gasteiger partial charge on any atom is 0.341 e. The number of carbonyl (C=O) groups is 1. The van der Waals surface area contributed by atoms with E-state index in [2.05, 4.69) is 4.98 Å². The molecule has 0 radical (unpaired) electrons. The van der Waals surface area contributed by atoms with Gasteiger partial charge in [0.05, 0.1) is 19.2 Å². The number of aromatic nitrogens is 1. The summed E-state index contributed by atoms with van der Waals surface area (Å²) < 4.78 is 15.6. The van der Waals surface area contributed by atoms with Gasteiger partial charge in [-0.25, -0.2) is 4.79 Å². The highest BCUT2D eigenvalue weighted by atomic mass is 16.5. The molecule has 0 aliphatic heterocycles. The molecule has 2 N–H and O–H groups in total. The van der Waals surface area contributed by atoms with E-state index in [0.29, 0.717) is 35.6 Å². The van der Waals surface area contributed by atoms with E-state index in [0.717, 1.165) is 0 Å². The number of rotatable bonds is 6. The predicted molar refractivity (Wildman–Crippen MR) is 75.5 cm³/mol. The highest BCUT2D eigenvalue weighted by molar-refractivity contribution is 5.93. The molecule has 0 amide bonds. The number of benzene rings is 1. The Morgan fingerprint density at radius 2 is 1.95 bits per heavy atom. The molecule has 7 nitrogen and oxygen atoms in total. The summed E-state index contributed by atoms with van der Waals surface area (Å²) in [4.78, 5) is 25.1. The number of pyridine rings is 1. The van der Waals surface area contributed by atoms with Gasteiger partial charge < -0.3 is 24.3 Å². The number of aromatic amines is 1. The van der Waals surface area contributed by atoms with Crippen LogP contribution < -0.4 is 15.0 Å². The molecule has 0 aliphatic carbocycles. The molecule has 2 rings (SSSR count). The number of aromatic carboxylic acids is 1. The van der Waals surface area contributed by atoms with Crippen molar-refractivity contribution in [3.05, 3.63) is 34.1 Å². The van der Waals surface area contributed by atoms with Crippen molar-refractivity contribution in [3.8, 4) is 11.5 Å². The molecule has 0 aliphatic rings. The molecule has 0 atom stereocenters. The quantitative estimate of drug-likeness (QED) is 0.778. The van der Waals surface area contributed by atoms with Crippen LogP contribution >= 0.6 is 0 Å². The van der Waals surface area contributed by atoms with Gasteiger partial charge in [0, 0.05) is 18.6 Å². The van der Waals surface area contributed by atoms with E-state index in [4.69, 9.17) is 19.3 Å². The minimum Gasteiger partial charge on any atom is -0.493 e. The summed E-state index contributed by atoms with van der Waals surface area (Å²) >= 11 is 0. The van der Waals surface area contributed by atoms with Crippen LogP contribution in [0.1, 0.15) is 10.4 Å². The summed E-state index contributed by atoms with van der Waals surface area (Å²) in [6, 6.07) is 4.51. The number of methoxy groups -OCH3 is 2. The van der Waals surface area contributed by atoms with Crippen LogP contribution in [0, 0.1) is 0 Å². The van der Waals surface area contributed by atoms with Gasteiger partial charge in [0.2, 0.25) is 0 Å². The Balaban J connectivity index is 2.51. The Morgan fingerprint density at radius 3 is 2.57 bits per heavy atom. The smallest absolute Gasteiger partial charge is 0.341 e. The average molecular weight is 293 g/mol. The molecular weight excluding hydrogens is 278 g/mol. The number of nitrogens with one attached hydrogen (secondary N) is 1. The summed E-state index contributed by atoms with van der Waals surface area (Å²) in [6.45, 7) is 0.737. The molecule has 0 unspecified atom stereocenters. The van der Waals surface area contributed by atoms with Crippen molar-refractivity contribution in [1.82, 2.24) is 4.98 Å². The number of ether oxygens (including phenoxy) is 3. The van der Waals surface area contributed by atoms with Crippen molar-refractivity contribution in [2.45, 2.75) is 0 Å². The molecule has 1 heterocycles. The van der Waals surface area contributed by atoms with E-state index < -0.39 is 11.5 Å². The number of H-pyrrole nitrogens is 1. The number of carboxylic acid groups (broad SMARTS) is 1. The lowest BCUT2D eigenvalue weighted by molar-refractivity contribution is 0.0695. The molecule has 1 aromatic heterocycles. The Bertz CT molecular complexity index is 721. The van der Waals surface area contributed by atoms with Crippen LogP contribution in [0.3, 0.4) is 0 Å². The molecule has 0 spiro atoms. The normalized spacial score (nSPS) is 10.6. The van der Waals surface area contributed by atoms with Crippen molar-refractivity contribution < 1.29 is 24.1 Å². The first kappa shape index (κ1) is 14.9. The Kier molecular flexibility index (Phi) is 4.44. The largest absolute Gasteiger partial charge is 0.493 e. The number of carboxylic acids is 1. The SMILES string of the molecule is COCCOc1cc2cc(C(=O)O)c(=O)[nH]c2cc1OC. The molecule has 2 aromatic rings. The van der Waals surface area contributed by atoms with Gasteiger partial charge in [0.15, 0.2) is 11.5 Å². The zero-order chi connectivity index (χ0) is 15.4. The molecule has 1 aromatic carbocycles. The highest BCUT2D eigenvalue weighted by Gasteiger charge is 2.13. The summed E-state index contributed by atoms with van der Waals surface area (Å²) in [7, 11) is 3.04. The van der Waals surface area contributed by atoms with E-state index in [-0.39, 0.29) is 5.56 Å². The molecule has 0 saturated carbocycles. The van der Waals surface area contributed by atoms with Crippen molar-refractivity contribution in [2.24, 2.45) is 0 Å². The first-order valence-electron chi connectivity index (χ1n) is 6.17. The molecule has 21 heavy (non-hydrogen) atoms. The fourth-order valence-electron chi connectivity index (χ4n) is 1.88. The summed E-state index contributed by atoms with van der Waals surface area (Å²) in [5.74, 6) is -0.390. The summed E-state index contributed by atoms with van der Waals surface area (Å²) in [6.07, 6.45) is 0. The molecular formula is C14H15NO6. The molecule has 0 bridgehead atoms. The van der Waals surface area contributed by atoms with Gasteiger partial charge >= 0.3 is 5.97 Å². The third-order valence-electron chi connectivity index (χ3n) is 2.90. The van der Waals surface area contributed by atoms with Crippen LogP contribution in [-0.4, -0.2) is 43.5 Å². The fourth-order valence-corrected chi connectivity index (χ4v) is 1.88. The zero-order valence-electron chi connectivity index (χ0n) is 11.6. The number of hydrogen-bond acceptors (Lipinski definition) is 5. The van der Waals surface area contributed by atoms with Gasteiger partial charge in [-0.15, -0.1) is 0 Å². The maximum atomic E-state index is 11.6. The Labute approximate surface area is 120 Å². The van der Waals surface area contributed by atoms with E-state index in [1.165, 1.54) is 13.2 Å². The lowest BCUT2D eigenvalue weighted by atomic mass is 10.1. The average Bonchev–Trinajstić information content (AvgIpc) is 2.46. The molecule has 0 saturated heterocycles. The van der Waals surface area contributed by atoms with Crippen molar-refractivity contribution in [2.75, 3.05) is 27.4 Å². The third-order valence-corrected chi connectivity index (χ3v) is 2.90. The van der Waals surface area contributed by atoms with Gasteiger partial charge in [-0.1, -0.05) is 0 Å². The Hall–Kier alpha value is -2.54. The number of fused-ring (bicyclic) bond motifs is 1. The minimum atomic E-state index is -1.28. The van der Waals surface area contributed by atoms with Gasteiger partial charge in [0.1, 0.15) is 12.2 Å².